The first-order chi connectivity index (χ1) is 19.1. The molecule has 0 bridgehead atoms. The van der Waals surface area contributed by atoms with Gasteiger partial charge in [-0.15, -0.1) is 5.10 Å². The third-order valence-electron chi connectivity index (χ3n) is 12.5. The van der Waals surface area contributed by atoms with E-state index in [-0.39, 0.29) is 25.1 Å². The third kappa shape index (κ3) is 3.78. The van der Waals surface area contributed by atoms with Gasteiger partial charge < -0.3 is 4.74 Å². The molecule has 0 radical (unpaired) electrons. The lowest BCUT2D eigenvalue weighted by atomic mass is 9.56. The highest BCUT2D eigenvalue weighted by Gasteiger charge is 2.64. The van der Waals surface area contributed by atoms with Gasteiger partial charge in [0.2, 0.25) is 12.1 Å². The average Bonchev–Trinajstić information content (AvgIpc) is 3.57. The molecular formula is C34H46FN2O2P. The monoisotopic (exact) mass is 564 g/mol. The molecule has 216 valence electrons. The lowest BCUT2D eigenvalue weighted by Gasteiger charge is -2.64. The Morgan fingerprint density at radius 2 is 1.80 bits per heavy atom. The van der Waals surface area contributed by atoms with Gasteiger partial charge >= 0.3 is 0 Å². The van der Waals surface area contributed by atoms with Crippen LogP contribution in [0.25, 0.3) is 0 Å². The second kappa shape index (κ2) is 9.38. The number of hydrazone groups is 1. The molecule has 4 fully saturated rings. The van der Waals surface area contributed by atoms with Gasteiger partial charge in [0.25, 0.3) is 0 Å². The summed E-state index contributed by atoms with van der Waals surface area (Å²) in [5, 5.41) is 5.52. The van der Waals surface area contributed by atoms with E-state index < -0.39 is 6.23 Å². The zero-order chi connectivity index (χ0) is 28.0. The number of benzene rings is 1. The number of hydrogen-bond acceptors (Lipinski definition) is 4. The topological polar surface area (TPSA) is 50.7 Å². The summed E-state index contributed by atoms with van der Waals surface area (Å²) < 4.78 is 20.7. The highest BCUT2D eigenvalue weighted by molar-refractivity contribution is 7.61. The van der Waals surface area contributed by atoms with Crippen molar-refractivity contribution >= 4 is 19.6 Å². The fourth-order valence-electron chi connectivity index (χ4n) is 10.8. The summed E-state index contributed by atoms with van der Waals surface area (Å²) in [5.74, 6) is 3.89. The molecule has 0 amide bonds. The summed E-state index contributed by atoms with van der Waals surface area (Å²) in [6.07, 6.45) is 11.0. The van der Waals surface area contributed by atoms with Crippen LogP contribution in [0.5, 0.6) is 0 Å². The molecule has 0 aromatic heterocycles. The van der Waals surface area contributed by atoms with Crippen molar-refractivity contribution in [2.75, 3.05) is 6.16 Å². The maximum Gasteiger partial charge on any atom is 0.215 e. The van der Waals surface area contributed by atoms with E-state index in [1.807, 2.05) is 6.07 Å². The average molecular weight is 565 g/mol. The van der Waals surface area contributed by atoms with Crippen molar-refractivity contribution in [2.45, 2.75) is 109 Å². The first kappa shape index (κ1) is 27.1. The van der Waals surface area contributed by atoms with E-state index in [9.17, 15) is 9.18 Å². The van der Waals surface area contributed by atoms with Gasteiger partial charge in [-0.1, -0.05) is 66.3 Å². The van der Waals surface area contributed by atoms with Gasteiger partial charge in [-0.05, 0) is 103 Å². The van der Waals surface area contributed by atoms with Crippen LogP contribution in [-0.2, 0) is 9.53 Å². The maximum atomic E-state index is 14.5. The lowest BCUT2D eigenvalue weighted by molar-refractivity contribution is -0.116. The molecule has 1 aromatic rings. The number of rotatable bonds is 4. The molecule has 40 heavy (non-hydrogen) atoms. The standard InChI is InChI=1S/C34H46FN2O2P/c1-20(2)29-27(38)18-34(19-28-36-37-31(39-28)23-8-6-7-9-26(23)35)16-12-25-22(30(29)34)13-17-40-32(4)14-10-21(3)24(32)11-15-33(25,40)5/h6-9,20-22,24-25,31,37H,10-19H2,1-5H3. The second-order valence-electron chi connectivity index (χ2n) is 14.8. The first-order valence-electron chi connectivity index (χ1n) is 15.9. The Morgan fingerprint density at radius 1 is 1.07 bits per heavy atom. The quantitative estimate of drug-likeness (QED) is 0.374. The second-order valence-corrected chi connectivity index (χ2v) is 18.1. The minimum Gasteiger partial charge on any atom is -0.450 e. The highest BCUT2D eigenvalue weighted by Crippen LogP contribution is 2.79. The van der Waals surface area contributed by atoms with Crippen LogP contribution in [0.2, 0.25) is 0 Å². The van der Waals surface area contributed by atoms with Crippen molar-refractivity contribution in [2.24, 2.45) is 40.1 Å². The molecule has 0 spiro atoms. The summed E-state index contributed by atoms with van der Waals surface area (Å²) >= 11 is 0. The van der Waals surface area contributed by atoms with E-state index in [0.29, 0.717) is 52.2 Å². The van der Waals surface area contributed by atoms with E-state index >= 15 is 0 Å². The fourth-order valence-corrected chi connectivity index (χ4v) is 15.9. The number of nitrogens with zero attached hydrogens (tertiary/aromatic N) is 1. The van der Waals surface area contributed by atoms with Crippen molar-refractivity contribution < 1.29 is 13.9 Å². The van der Waals surface area contributed by atoms with Crippen molar-refractivity contribution in [1.82, 2.24) is 5.43 Å². The molecule has 9 unspecified atom stereocenters. The molecule has 2 saturated carbocycles. The lowest BCUT2D eigenvalue weighted by Crippen LogP contribution is -2.55. The van der Waals surface area contributed by atoms with Crippen LogP contribution < -0.4 is 5.43 Å². The number of carbonyl (C=O) groups excluding carboxylic acids is 1. The third-order valence-corrected chi connectivity index (χ3v) is 16.8. The van der Waals surface area contributed by atoms with Crippen LogP contribution in [0.15, 0.2) is 40.5 Å². The summed E-state index contributed by atoms with van der Waals surface area (Å²) in [7, 11) is -0.0454. The van der Waals surface area contributed by atoms with Crippen LogP contribution >= 0.6 is 7.92 Å². The number of carbonyl (C=O) groups is 1. The van der Waals surface area contributed by atoms with E-state index in [1.54, 1.807) is 12.1 Å². The van der Waals surface area contributed by atoms with Crippen molar-refractivity contribution in [1.29, 1.82) is 0 Å². The number of hydrogen-bond donors (Lipinski definition) is 1. The van der Waals surface area contributed by atoms with Crippen LogP contribution in [0, 0.1) is 40.8 Å². The summed E-state index contributed by atoms with van der Waals surface area (Å²) in [5.41, 5.74) is 5.90. The SMILES string of the molecule is CC(C)C1=C2C3CCP4C5(C)CCC(C)C5CCC4(C)C3CCC2(CC2=NNC(c3ccccc3F)O2)CC1=O. The van der Waals surface area contributed by atoms with Gasteiger partial charge in [0, 0.05) is 18.3 Å². The van der Waals surface area contributed by atoms with Gasteiger partial charge in [0.05, 0.1) is 5.56 Å². The van der Waals surface area contributed by atoms with Gasteiger partial charge in [0.1, 0.15) is 5.82 Å². The molecule has 2 saturated heterocycles. The van der Waals surface area contributed by atoms with Crippen LogP contribution in [0.4, 0.5) is 4.39 Å². The van der Waals surface area contributed by atoms with Crippen LogP contribution in [0.1, 0.15) is 104 Å². The number of Topliss-reactive ketones (excluding diaryl/α,β-unsaturated/α-hetero) is 1. The Bertz CT molecular complexity index is 1290. The summed E-state index contributed by atoms with van der Waals surface area (Å²) in [6, 6.07) is 6.73. The fraction of sp³-hybridized carbons (Fsp3) is 0.706. The van der Waals surface area contributed by atoms with Crippen molar-refractivity contribution in [3.05, 3.63) is 46.8 Å². The first-order valence-corrected chi connectivity index (χ1v) is 17.4. The molecule has 6 aliphatic rings. The van der Waals surface area contributed by atoms with E-state index in [0.717, 1.165) is 23.8 Å². The minimum atomic E-state index is -0.611. The van der Waals surface area contributed by atoms with Gasteiger partial charge in [-0.2, -0.15) is 0 Å². The predicted molar refractivity (Wildman–Crippen MR) is 160 cm³/mol. The Morgan fingerprint density at radius 3 is 2.58 bits per heavy atom. The Balaban J connectivity index is 1.20. The Hall–Kier alpha value is -1.74. The van der Waals surface area contributed by atoms with Gasteiger partial charge in [-0.25, -0.2) is 4.39 Å². The zero-order valence-electron chi connectivity index (χ0n) is 24.9. The molecule has 1 aromatic carbocycles. The smallest absolute Gasteiger partial charge is 0.215 e. The molecule has 3 heterocycles. The predicted octanol–water partition coefficient (Wildman–Crippen LogP) is 8.33. The van der Waals surface area contributed by atoms with Gasteiger partial charge in [0.15, 0.2) is 5.78 Å². The number of ketones is 1. The molecular weight excluding hydrogens is 518 g/mol. The molecule has 1 N–H and O–H groups in total. The Kier molecular flexibility index (Phi) is 6.36. The van der Waals surface area contributed by atoms with Crippen LogP contribution in [0.3, 0.4) is 0 Å². The van der Waals surface area contributed by atoms with Crippen molar-refractivity contribution in [3.63, 3.8) is 0 Å². The van der Waals surface area contributed by atoms with Crippen LogP contribution in [-0.4, -0.2) is 28.2 Å². The molecule has 4 nitrogen and oxygen atoms in total. The number of ether oxygens (including phenoxy) is 1. The summed E-state index contributed by atoms with van der Waals surface area (Å²) in [4.78, 5) is 13.8. The minimum absolute atomic E-state index is 0.0454. The number of nitrogens with one attached hydrogen (secondary N) is 1. The summed E-state index contributed by atoms with van der Waals surface area (Å²) in [6.45, 7) is 12.3. The van der Waals surface area contributed by atoms with E-state index in [4.69, 9.17) is 4.74 Å². The number of halogens is 1. The molecule has 9 atom stereocenters. The maximum absolute atomic E-state index is 14.5. The molecule has 6 heteroatoms. The molecule has 3 aliphatic carbocycles. The zero-order valence-corrected chi connectivity index (χ0v) is 25.8. The number of allylic oxidation sites excluding steroid dienone is 2. The highest BCUT2D eigenvalue weighted by atomic mass is 31.1. The molecule has 3 aliphatic heterocycles. The largest absolute Gasteiger partial charge is 0.450 e. The van der Waals surface area contributed by atoms with Crippen molar-refractivity contribution in [3.8, 4) is 0 Å². The van der Waals surface area contributed by atoms with E-state index in [1.165, 1.54) is 56.3 Å². The van der Waals surface area contributed by atoms with Gasteiger partial charge in [-0.3, -0.25) is 10.2 Å². The Labute approximate surface area is 240 Å². The normalized spacial score (nSPS) is 44.0. The molecule has 7 rings (SSSR count). The number of fused-ring (bicyclic) bond motifs is 7. The van der Waals surface area contributed by atoms with E-state index in [2.05, 4.69) is 45.1 Å².